The lowest BCUT2D eigenvalue weighted by molar-refractivity contribution is 0.0949. The standard InChI is InChI=1S/C15H16N2O2/c1-10-5-6-13-12(8-10)4-3-7-17(13)15(18)14-9-11(2)16-19-14/h5-6,8-9H,3-4,7H2,1-2H3. The van der Waals surface area contributed by atoms with Crippen LogP contribution in [0.5, 0.6) is 0 Å². The van der Waals surface area contributed by atoms with E-state index in [4.69, 9.17) is 4.52 Å². The zero-order valence-electron chi connectivity index (χ0n) is 11.1. The summed E-state index contributed by atoms with van der Waals surface area (Å²) < 4.78 is 5.08. The van der Waals surface area contributed by atoms with Crippen molar-refractivity contribution >= 4 is 11.6 Å². The Balaban J connectivity index is 1.97. The van der Waals surface area contributed by atoms with Gasteiger partial charge in [-0.25, -0.2) is 0 Å². The molecule has 1 aliphatic heterocycles. The van der Waals surface area contributed by atoms with Crippen molar-refractivity contribution in [2.45, 2.75) is 26.7 Å². The highest BCUT2D eigenvalue weighted by Crippen LogP contribution is 2.29. The van der Waals surface area contributed by atoms with Gasteiger partial charge in [0.1, 0.15) is 0 Å². The van der Waals surface area contributed by atoms with E-state index in [0.29, 0.717) is 5.76 Å². The molecule has 0 fully saturated rings. The highest BCUT2D eigenvalue weighted by atomic mass is 16.5. The molecule has 0 bridgehead atoms. The van der Waals surface area contributed by atoms with Gasteiger partial charge in [0.05, 0.1) is 5.69 Å². The molecule has 0 aliphatic carbocycles. The molecule has 1 aliphatic rings. The van der Waals surface area contributed by atoms with Crippen LogP contribution in [0.1, 0.15) is 33.8 Å². The van der Waals surface area contributed by atoms with Crippen LogP contribution in [-0.4, -0.2) is 17.6 Å². The summed E-state index contributed by atoms with van der Waals surface area (Å²) >= 11 is 0. The van der Waals surface area contributed by atoms with Crippen LogP contribution in [0.25, 0.3) is 0 Å². The minimum Gasteiger partial charge on any atom is -0.351 e. The zero-order valence-corrected chi connectivity index (χ0v) is 11.1. The van der Waals surface area contributed by atoms with Gasteiger partial charge in [-0.1, -0.05) is 22.9 Å². The van der Waals surface area contributed by atoms with Gasteiger partial charge in [0.2, 0.25) is 5.76 Å². The van der Waals surface area contributed by atoms with E-state index in [-0.39, 0.29) is 5.91 Å². The number of hydrogen-bond donors (Lipinski definition) is 0. The first kappa shape index (κ1) is 12.0. The lowest BCUT2D eigenvalue weighted by atomic mass is 9.99. The van der Waals surface area contributed by atoms with Gasteiger partial charge >= 0.3 is 0 Å². The number of rotatable bonds is 1. The molecule has 0 atom stereocenters. The zero-order chi connectivity index (χ0) is 13.4. The molecule has 0 spiro atoms. The quantitative estimate of drug-likeness (QED) is 0.788. The van der Waals surface area contributed by atoms with Gasteiger partial charge < -0.3 is 9.42 Å². The summed E-state index contributed by atoms with van der Waals surface area (Å²) in [7, 11) is 0. The molecule has 2 aromatic rings. The summed E-state index contributed by atoms with van der Waals surface area (Å²) in [6, 6.07) is 7.90. The van der Waals surface area contributed by atoms with Crippen LogP contribution in [0.15, 0.2) is 28.8 Å². The van der Waals surface area contributed by atoms with E-state index in [9.17, 15) is 4.79 Å². The summed E-state index contributed by atoms with van der Waals surface area (Å²) in [6.45, 7) is 4.61. The molecule has 3 rings (SSSR count). The fourth-order valence-electron chi connectivity index (χ4n) is 2.53. The topological polar surface area (TPSA) is 46.3 Å². The molecule has 1 aromatic heterocycles. The smallest absolute Gasteiger partial charge is 0.296 e. The maximum atomic E-state index is 12.5. The van der Waals surface area contributed by atoms with Crippen LogP contribution in [0, 0.1) is 13.8 Å². The van der Waals surface area contributed by atoms with Gasteiger partial charge in [-0.2, -0.15) is 0 Å². The summed E-state index contributed by atoms with van der Waals surface area (Å²) in [4.78, 5) is 14.2. The number of fused-ring (bicyclic) bond motifs is 1. The van der Waals surface area contributed by atoms with Crippen LogP contribution >= 0.6 is 0 Å². The third kappa shape index (κ3) is 2.14. The van der Waals surface area contributed by atoms with E-state index in [1.807, 2.05) is 19.1 Å². The average molecular weight is 256 g/mol. The molecule has 0 unspecified atom stereocenters. The Labute approximate surface area is 112 Å². The highest BCUT2D eigenvalue weighted by molar-refractivity contribution is 6.04. The number of benzene rings is 1. The van der Waals surface area contributed by atoms with E-state index >= 15 is 0 Å². The van der Waals surface area contributed by atoms with Crippen LogP contribution in [0.2, 0.25) is 0 Å². The van der Waals surface area contributed by atoms with Crippen molar-refractivity contribution in [2.24, 2.45) is 0 Å². The molecular weight excluding hydrogens is 240 g/mol. The molecule has 4 heteroatoms. The normalized spacial score (nSPS) is 14.3. The Kier molecular flexibility index (Phi) is 2.85. The first-order chi connectivity index (χ1) is 9.15. The fraction of sp³-hybridized carbons (Fsp3) is 0.333. The molecule has 0 radical (unpaired) electrons. The van der Waals surface area contributed by atoms with Crippen LogP contribution in [0.3, 0.4) is 0 Å². The number of aromatic nitrogens is 1. The lowest BCUT2D eigenvalue weighted by Gasteiger charge is -2.28. The van der Waals surface area contributed by atoms with Gasteiger partial charge in [0, 0.05) is 18.3 Å². The molecule has 1 amide bonds. The Bertz CT molecular complexity index is 631. The molecule has 19 heavy (non-hydrogen) atoms. The van der Waals surface area contributed by atoms with E-state index in [1.165, 1.54) is 11.1 Å². The molecule has 0 N–H and O–H groups in total. The van der Waals surface area contributed by atoms with E-state index < -0.39 is 0 Å². The number of carbonyl (C=O) groups excluding carboxylic acids is 1. The van der Waals surface area contributed by atoms with Gasteiger partial charge in [0.15, 0.2) is 0 Å². The monoisotopic (exact) mass is 256 g/mol. The van der Waals surface area contributed by atoms with Crippen molar-refractivity contribution in [2.75, 3.05) is 11.4 Å². The van der Waals surface area contributed by atoms with Crippen molar-refractivity contribution in [3.63, 3.8) is 0 Å². The summed E-state index contributed by atoms with van der Waals surface area (Å²) in [5, 5.41) is 3.78. The number of anilines is 1. The Morgan fingerprint density at radius 2 is 2.16 bits per heavy atom. The van der Waals surface area contributed by atoms with Crippen molar-refractivity contribution in [3.8, 4) is 0 Å². The first-order valence-electron chi connectivity index (χ1n) is 6.50. The second kappa shape index (κ2) is 4.53. The molecule has 2 heterocycles. The average Bonchev–Trinajstić information content (AvgIpc) is 2.83. The van der Waals surface area contributed by atoms with Crippen molar-refractivity contribution in [1.29, 1.82) is 0 Å². The maximum Gasteiger partial charge on any atom is 0.296 e. The van der Waals surface area contributed by atoms with Crippen LogP contribution in [0.4, 0.5) is 5.69 Å². The fourth-order valence-corrected chi connectivity index (χ4v) is 2.53. The summed E-state index contributed by atoms with van der Waals surface area (Å²) in [5.41, 5.74) is 4.18. The first-order valence-corrected chi connectivity index (χ1v) is 6.50. The maximum absolute atomic E-state index is 12.5. The predicted molar refractivity (Wildman–Crippen MR) is 72.4 cm³/mol. The van der Waals surface area contributed by atoms with Crippen LogP contribution < -0.4 is 4.90 Å². The molecule has 4 nitrogen and oxygen atoms in total. The summed E-state index contributed by atoms with van der Waals surface area (Å²) in [5.74, 6) is 0.205. The van der Waals surface area contributed by atoms with Gasteiger partial charge in [-0.05, 0) is 38.3 Å². The molecule has 1 aromatic carbocycles. The number of nitrogens with zero attached hydrogens (tertiary/aromatic N) is 2. The molecule has 0 saturated carbocycles. The predicted octanol–water partition coefficient (Wildman–Crippen LogP) is 2.88. The molecule has 0 saturated heterocycles. The Morgan fingerprint density at radius 3 is 2.89 bits per heavy atom. The van der Waals surface area contributed by atoms with Gasteiger partial charge in [-0.3, -0.25) is 4.79 Å². The Morgan fingerprint density at radius 1 is 1.32 bits per heavy atom. The van der Waals surface area contributed by atoms with Crippen LogP contribution in [-0.2, 0) is 6.42 Å². The Hall–Kier alpha value is -2.10. The second-order valence-corrected chi connectivity index (χ2v) is 5.03. The lowest BCUT2D eigenvalue weighted by Crippen LogP contribution is -2.35. The SMILES string of the molecule is Cc1ccc2c(c1)CCCN2C(=O)c1cc(C)no1. The molecular formula is C15H16N2O2. The largest absolute Gasteiger partial charge is 0.351 e. The van der Waals surface area contributed by atoms with Crippen molar-refractivity contribution in [1.82, 2.24) is 5.16 Å². The number of aryl methyl sites for hydroxylation is 3. The third-order valence-corrected chi connectivity index (χ3v) is 3.44. The van der Waals surface area contributed by atoms with E-state index in [0.717, 1.165) is 30.8 Å². The minimum absolute atomic E-state index is 0.106. The van der Waals surface area contributed by atoms with Gasteiger partial charge in [0.25, 0.3) is 5.91 Å². The van der Waals surface area contributed by atoms with Crippen molar-refractivity contribution < 1.29 is 9.32 Å². The van der Waals surface area contributed by atoms with Gasteiger partial charge in [-0.15, -0.1) is 0 Å². The number of hydrogen-bond acceptors (Lipinski definition) is 3. The van der Waals surface area contributed by atoms with E-state index in [1.54, 1.807) is 11.0 Å². The summed E-state index contributed by atoms with van der Waals surface area (Å²) in [6.07, 6.45) is 2.01. The van der Waals surface area contributed by atoms with E-state index in [2.05, 4.69) is 18.1 Å². The minimum atomic E-state index is -0.106. The van der Waals surface area contributed by atoms with Crippen molar-refractivity contribution in [3.05, 3.63) is 46.8 Å². The number of amides is 1. The number of carbonyl (C=O) groups is 1. The second-order valence-electron chi connectivity index (χ2n) is 5.03. The third-order valence-electron chi connectivity index (χ3n) is 3.44. The molecule has 98 valence electrons. The highest BCUT2D eigenvalue weighted by Gasteiger charge is 2.25.